The Bertz CT molecular complexity index is 404. The van der Waals surface area contributed by atoms with Gasteiger partial charge < -0.3 is 15.2 Å². The molecule has 2 N–H and O–H groups in total. The van der Waals surface area contributed by atoms with Gasteiger partial charge in [0, 0.05) is 12.1 Å². The van der Waals surface area contributed by atoms with Crippen LogP contribution in [-0.4, -0.2) is 24.9 Å². The minimum Gasteiger partial charge on any atom is -0.494 e. The minimum atomic E-state index is -0.110. The Morgan fingerprint density at radius 3 is 2.79 bits per heavy atom. The molecule has 0 radical (unpaired) electrons. The number of rotatable bonds is 6. The molecule has 0 aromatic heterocycles. The van der Waals surface area contributed by atoms with Crippen LogP contribution in [0.5, 0.6) is 5.75 Å². The Morgan fingerprint density at radius 1 is 1.26 bits per heavy atom. The van der Waals surface area contributed by atoms with E-state index in [0.717, 1.165) is 44.1 Å². The Labute approximate surface area is 115 Å². The average Bonchev–Trinajstić information content (AvgIpc) is 3.20. The largest absolute Gasteiger partial charge is 0.494 e. The second-order valence-corrected chi connectivity index (χ2v) is 5.88. The lowest BCUT2D eigenvalue weighted by Crippen LogP contribution is -2.48. The molecule has 3 nitrogen and oxygen atoms in total. The van der Waals surface area contributed by atoms with Gasteiger partial charge in [0.1, 0.15) is 5.75 Å². The number of hydrogen-bond acceptors (Lipinski definition) is 3. The van der Waals surface area contributed by atoms with Crippen LogP contribution in [0.25, 0.3) is 0 Å². The van der Waals surface area contributed by atoms with Crippen LogP contribution in [0.15, 0.2) is 30.3 Å². The lowest BCUT2D eigenvalue weighted by atomic mass is 9.85. The van der Waals surface area contributed by atoms with E-state index in [9.17, 15) is 0 Å². The first-order valence-electron chi connectivity index (χ1n) is 7.36. The number of hydrogen-bond donors (Lipinski definition) is 1. The Kier molecular flexibility index (Phi) is 3.76. The van der Waals surface area contributed by atoms with E-state index in [1.807, 2.05) is 30.3 Å². The van der Waals surface area contributed by atoms with Gasteiger partial charge in [-0.25, -0.2) is 0 Å². The van der Waals surface area contributed by atoms with Crippen molar-refractivity contribution in [3.8, 4) is 5.75 Å². The number of benzene rings is 1. The van der Waals surface area contributed by atoms with Crippen LogP contribution in [0.2, 0.25) is 0 Å². The van der Waals surface area contributed by atoms with Gasteiger partial charge >= 0.3 is 0 Å². The molecule has 2 atom stereocenters. The third-order valence-corrected chi connectivity index (χ3v) is 4.28. The first-order valence-corrected chi connectivity index (χ1v) is 7.36. The summed E-state index contributed by atoms with van der Waals surface area (Å²) in [7, 11) is 0. The van der Waals surface area contributed by atoms with E-state index in [1.165, 1.54) is 12.8 Å². The Morgan fingerprint density at radius 2 is 2.05 bits per heavy atom. The van der Waals surface area contributed by atoms with Gasteiger partial charge in [-0.2, -0.15) is 0 Å². The number of ether oxygens (including phenoxy) is 2. The van der Waals surface area contributed by atoms with Crippen molar-refractivity contribution in [3.63, 3.8) is 0 Å². The van der Waals surface area contributed by atoms with Crippen LogP contribution in [0, 0.1) is 5.92 Å². The molecule has 1 aromatic rings. The van der Waals surface area contributed by atoms with Gasteiger partial charge in [-0.1, -0.05) is 18.2 Å². The predicted octanol–water partition coefficient (Wildman–Crippen LogP) is 2.74. The van der Waals surface area contributed by atoms with E-state index in [4.69, 9.17) is 15.2 Å². The van der Waals surface area contributed by atoms with E-state index in [1.54, 1.807) is 0 Å². The second-order valence-electron chi connectivity index (χ2n) is 5.88. The van der Waals surface area contributed by atoms with E-state index in [0.29, 0.717) is 6.10 Å². The summed E-state index contributed by atoms with van der Waals surface area (Å²) in [6, 6.07) is 9.97. The summed E-state index contributed by atoms with van der Waals surface area (Å²) in [4.78, 5) is 0. The lowest BCUT2D eigenvalue weighted by molar-refractivity contribution is 0.0584. The van der Waals surface area contributed by atoms with Crippen LogP contribution in [0.3, 0.4) is 0 Å². The third-order valence-electron chi connectivity index (χ3n) is 4.28. The molecule has 1 saturated heterocycles. The Hall–Kier alpha value is -1.06. The highest BCUT2D eigenvalue weighted by atomic mass is 16.5. The van der Waals surface area contributed by atoms with Gasteiger partial charge in [-0.3, -0.25) is 0 Å². The van der Waals surface area contributed by atoms with Crippen molar-refractivity contribution in [2.75, 3.05) is 13.2 Å². The normalized spacial score (nSPS) is 30.5. The van der Waals surface area contributed by atoms with Gasteiger partial charge in [0.2, 0.25) is 0 Å². The standard InChI is InChI=1S/C16H23NO2/c17-16(10-12-19-15(16)13-7-8-13)9-4-11-18-14-5-2-1-3-6-14/h1-3,5-6,13,15H,4,7-12,17H2. The topological polar surface area (TPSA) is 44.5 Å². The molecule has 0 bridgehead atoms. The molecule has 2 fully saturated rings. The van der Waals surface area contributed by atoms with Crippen molar-refractivity contribution < 1.29 is 9.47 Å². The second kappa shape index (κ2) is 5.51. The van der Waals surface area contributed by atoms with Crippen LogP contribution >= 0.6 is 0 Å². The van der Waals surface area contributed by atoms with Crippen molar-refractivity contribution in [2.24, 2.45) is 11.7 Å². The molecule has 3 rings (SSSR count). The summed E-state index contributed by atoms with van der Waals surface area (Å²) >= 11 is 0. The predicted molar refractivity (Wildman–Crippen MR) is 75.2 cm³/mol. The molecule has 2 aliphatic rings. The molecule has 1 aromatic carbocycles. The zero-order chi connectivity index (χ0) is 13.1. The smallest absolute Gasteiger partial charge is 0.119 e. The van der Waals surface area contributed by atoms with E-state index < -0.39 is 0 Å². The van der Waals surface area contributed by atoms with Crippen molar-refractivity contribution in [1.29, 1.82) is 0 Å². The molecule has 1 aliphatic heterocycles. The molecule has 1 aliphatic carbocycles. The zero-order valence-corrected chi connectivity index (χ0v) is 11.4. The van der Waals surface area contributed by atoms with E-state index in [-0.39, 0.29) is 5.54 Å². The molecule has 1 heterocycles. The van der Waals surface area contributed by atoms with E-state index >= 15 is 0 Å². The Balaban J connectivity index is 1.44. The zero-order valence-electron chi connectivity index (χ0n) is 11.4. The number of nitrogens with two attached hydrogens (primary N) is 1. The minimum absolute atomic E-state index is 0.110. The SMILES string of the molecule is NC1(CCCOc2ccccc2)CCOC1C1CC1. The first kappa shape index (κ1) is 12.9. The summed E-state index contributed by atoms with van der Waals surface area (Å²) in [6.45, 7) is 1.57. The van der Waals surface area contributed by atoms with Gasteiger partial charge in [0.15, 0.2) is 0 Å². The van der Waals surface area contributed by atoms with Crippen LogP contribution in [0.1, 0.15) is 32.1 Å². The van der Waals surface area contributed by atoms with Gasteiger partial charge in [0.25, 0.3) is 0 Å². The molecule has 1 saturated carbocycles. The van der Waals surface area contributed by atoms with Crippen LogP contribution in [0.4, 0.5) is 0 Å². The molecule has 2 unspecified atom stereocenters. The third kappa shape index (κ3) is 3.10. The van der Waals surface area contributed by atoms with Gasteiger partial charge in [-0.15, -0.1) is 0 Å². The first-order chi connectivity index (χ1) is 9.28. The van der Waals surface area contributed by atoms with Crippen molar-refractivity contribution in [1.82, 2.24) is 0 Å². The molecular weight excluding hydrogens is 238 g/mol. The molecular formula is C16H23NO2. The van der Waals surface area contributed by atoms with Gasteiger partial charge in [0.05, 0.1) is 12.7 Å². The summed E-state index contributed by atoms with van der Waals surface area (Å²) in [6.07, 6.45) is 5.89. The van der Waals surface area contributed by atoms with E-state index in [2.05, 4.69) is 0 Å². The lowest BCUT2D eigenvalue weighted by Gasteiger charge is -2.30. The molecule has 0 amide bonds. The summed E-state index contributed by atoms with van der Waals surface area (Å²) < 4.78 is 11.6. The highest BCUT2D eigenvalue weighted by molar-refractivity contribution is 5.20. The number of para-hydroxylation sites is 1. The fourth-order valence-corrected chi connectivity index (χ4v) is 3.06. The van der Waals surface area contributed by atoms with Crippen LogP contribution < -0.4 is 10.5 Å². The van der Waals surface area contributed by atoms with Gasteiger partial charge in [-0.05, 0) is 50.2 Å². The maximum absolute atomic E-state index is 6.54. The highest BCUT2D eigenvalue weighted by Crippen LogP contribution is 2.43. The average molecular weight is 261 g/mol. The maximum atomic E-state index is 6.54. The molecule has 0 spiro atoms. The van der Waals surface area contributed by atoms with Crippen LogP contribution in [-0.2, 0) is 4.74 Å². The fourth-order valence-electron chi connectivity index (χ4n) is 3.06. The summed E-state index contributed by atoms with van der Waals surface area (Å²) in [5.41, 5.74) is 6.43. The molecule has 19 heavy (non-hydrogen) atoms. The summed E-state index contributed by atoms with van der Waals surface area (Å²) in [5.74, 6) is 1.66. The quantitative estimate of drug-likeness (QED) is 0.801. The fraction of sp³-hybridized carbons (Fsp3) is 0.625. The monoisotopic (exact) mass is 261 g/mol. The molecule has 104 valence electrons. The molecule has 3 heteroatoms. The van der Waals surface area contributed by atoms with Crippen molar-refractivity contribution in [2.45, 2.75) is 43.7 Å². The highest BCUT2D eigenvalue weighted by Gasteiger charge is 2.48. The van der Waals surface area contributed by atoms with Crippen molar-refractivity contribution >= 4 is 0 Å². The van der Waals surface area contributed by atoms with Crippen molar-refractivity contribution in [3.05, 3.63) is 30.3 Å². The summed E-state index contributed by atoms with van der Waals surface area (Å²) in [5, 5.41) is 0. The maximum Gasteiger partial charge on any atom is 0.119 e.